The van der Waals surface area contributed by atoms with Crippen LogP contribution in [0.3, 0.4) is 0 Å². The predicted octanol–water partition coefficient (Wildman–Crippen LogP) is 3.66. The van der Waals surface area contributed by atoms with Gasteiger partial charge in [0.05, 0.1) is 22.5 Å². The average molecular weight is 347 g/mol. The van der Waals surface area contributed by atoms with Gasteiger partial charge in [0.25, 0.3) is 11.4 Å². The third-order valence-electron chi connectivity index (χ3n) is 3.20. The van der Waals surface area contributed by atoms with Crippen molar-refractivity contribution in [2.75, 3.05) is 25.1 Å². The molecule has 0 radical (unpaired) electrons. The molecule has 0 unspecified atom stereocenters. The zero-order valence-corrected chi connectivity index (χ0v) is 13.5. The van der Waals surface area contributed by atoms with Crippen LogP contribution in [0.4, 0.5) is 22.7 Å². The first kappa shape index (κ1) is 18.1. The van der Waals surface area contributed by atoms with Crippen molar-refractivity contribution >= 4 is 22.7 Å². The Morgan fingerprint density at radius 3 is 2.52 bits per heavy atom. The molecule has 0 amide bonds. The first-order valence-corrected chi connectivity index (χ1v) is 7.51. The van der Waals surface area contributed by atoms with Gasteiger partial charge in [-0.2, -0.15) is 0 Å². The van der Waals surface area contributed by atoms with E-state index in [2.05, 4.69) is 5.32 Å². The zero-order chi connectivity index (χ0) is 18.2. The van der Waals surface area contributed by atoms with Gasteiger partial charge in [0.1, 0.15) is 18.0 Å². The molecule has 0 aromatic heterocycles. The number of anilines is 2. The van der Waals surface area contributed by atoms with Crippen molar-refractivity contribution in [1.82, 2.24) is 0 Å². The minimum atomic E-state index is -0.677. The predicted molar refractivity (Wildman–Crippen MR) is 91.5 cm³/mol. The standard InChI is InChI=1S/C16H17N3O6/c1-2-24-8-9-25-14-5-3-4-12(10-14)17-15-7-6-13(18(20)21)11-16(15)19(22)23/h3-7,10-11,17H,2,8-9H2,1H3. The number of nitrogens with one attached hydrogen (secondary N) is 1. The molecule has 132 valence electrons. The summed E-state index contributed by atoms with van der Waals surface area (Å²) in [5, 5.41) is 24.8. The van der Waals surface area contributed by atoms with Crippen LogP contribution in [0.15, 0.2) is 42.5 Å². The minimum Gasteiger partial charge on any atom is -0.491 e. The highest BCUT2D eigenvalue weighted by Crippen LogP contribution is 2.32. The van der Waals surface area contributed by atoms with E-state index in [1.165, 1.54) is 12.1 Å². The molecule has 0 atom stereocenters. The SMILES string of the molecule is CCOCCOc1cccc(Nc2ccc([N+](=O)[O-])cc2[N+](=O)[O-])c1. The van der Waals surface area contributed by atoms with Crippen molar-refractivity contribution in [3.05, 3.63) is 62.7 Å². The Balaban J connectivity index is 2.16. The van der Waals surface area contributed by atoms with E-state index in [1.807, 2.05) is 6.92 Å². The molecule has 2 aromatic rings. The maximum absolute atomic E-state index is 11.2. The third-order valence-corrected chi connectivity index (χ3v) is 3.20. The lowest BCUT2D eigenvalue weighted by Gasteiger charge is -2.10. The zero-order valence-electron chi connectivity index (χ0n) is 13.5. The fraction of sp³-hybridized carbons (Fsp3) is 0.250. The molecule has 0 saturated carbocycles. The maximum atomic E-state index is 11.2. The normalized spacial score (nSPS) is 10.3. The molecule has 9 nitrogen and oxygen atoms in total. The van der Waals surface area contributed by atoms with Crippen LogP contribution in [0.2, 0.25) is 0 Å². The fourth-order valence-corrected chi connectivity index (χ4v) is 2.07. The molecule has 0 fully saturated rings. The summed E-state index contributed by atoms with van der Waals surface area (Å²) in [7, 11) is 0. The van der Waals surface area contributed by atoms with Crippen LogP contribution >= 0.6 is 0 Å². The fourth-order valence-electron chi connectivity index (χ4n) is 2.07. The quantitative estimate of drug-likeness (QED) is 0.418. The first-order valence-electron chi connectivity index (χ1n) is 7.51. The Morgan fingerprint density at radius 1 is 1.04 bits per heavy atom. The van der Waals surface area contributed by atoms with Gasteiger partial charge in [0, 0.05) is 24.4 Å². The van der Waals surface area contributed by atoms with Crippen LogP contribution in [0.5, 0.6) is 5.75 Å². The topological polar surface area (TPSA) is 117 Å². The summed E-state index contributed by atoms with van der Waals surface area (Å²) in [5.41, 5.74) is -0.00458. The lowest BCUT2D eigenvalue weighted by Crippen LogP contribution is -2.06. The number of nitro benzene ring substituents is 2. The number of rotatable bonds is 9. The van der Waals surface area contributed by atoms with Crippen LogP contribution in [0.25, 0.3) is 0 Å². The van der Waals surface area contributed by atoms with Crippen molar-refractivity contribution in [2.24, 2.45) is 0 Å². The summed E-state index contributed by atoms with van der Waals surface area (Å²) >= 11 is 0. The Labute approximate surface area is 143 Å². The second kappa shape index (κ2) is 8.60. The van der Waals surface area contributed by atoms with Crippen LogP contribution in [-0.4, -0.2) is 29.7 Å². The van der Waals surface area contributed by atoms with Gasteiger partial charge in [-0.3, -0.25) is 20.2 Å². The smallest absolute Gasteiger partial charge is 0.299 e. The van der Waals surface area contributed by atoms with Gasteiger partial charge in [-0.25, -0.2) is 0 Å². The molecule has 0 aliphatic carbocycles. The van der Waals surface area contributed by atoms with E-state index in [9.17, 15) is 20.2 Å². The minimum absolute atomic E-state index is 0.155. The van der Waals surface area contributed by atoms with Gasteiger partial charge < -0.3 is 14.8 Å². The van der Waals surface area contributed by atoms with Crippen LogP contribution in [-0.2, 0) is 4.74 Å². The van der Waals surface area contributed by atoms with E-state index in [0.29, 0.717) is 31.3 Å². The molecular weight excluding hydrogens is 330 g/mol. The molecule has 0 aliphatic heterocycles. The number of nitrogens with zero attached hydrogens (tertiary/aromatic N) is 2. The third kappa shape index (κ3) is 5.15. The van der Waals surface area contributed by atoms with Crippen molar-refractivity contribution in [3.8, 4) is 5.75 Å². The van der Waals surface area contributed by atoms with E-state index in [4.69, 9.17) is 9.47 Å². The Kier molecular flexibility index (Phi) is 6.24. The van der Waals surface area contributed by atoms with E-state index in [1.54, 1.807) is 24.3 Å². The molecule has 9 heteroatoms. The molecule has 0 heterocycles. The van der Waals surface area contributed by atoms with Gasteiger partial charge in [0.2, 0.25) is 0 Å². The second-order valence-electron chi connectivity index (χ2n) is 4.91. The van der Waals surface area contributed by atoms with Crippen molar-refractivity contribution in [3.63, 3.8) is 0 Å². The molecule has 25 heavy (non-hydrogen) atoms. The van der Waals surface area contributed by atoms with E-state index >= 15 is 0 Å². The molecular formula is C16H17N3O6. The summed E-state index contributed by atoms with van der Waals surface area (Å²) in [4.78, 5) is 20.6. The van der Waals surface area contributed by atoms with Crippen molar-refractivity contribution in [1.29, 1.82) is 0 Å². The summed E-state index contributed by atoms with van der Waals surface area (Å²) < 4.78 is 10.7. The van der Waals surface area contributed by atoms with Crippen LogP contribution < -0.4 is 10.1 Å². The monoisotopic (exact) mass is 347 g/mol. The molecule has 0 saturated heterocycles. The highest BCUT2D eigenvalue weighted by Gasteiger charge is 2.19. The lowest BCUT2D eigenvalue weighted by molar-refractivity contribution is -0.393. The summed E-state index contributed by atoms with van der Waals surface area (Å²) in [6, 6.07) is 10.3. The summed E-state index contributed by atoms with van der Waals surface area (Å²) in [6.45, 7) is 3.34. The molecule has 2 rings (SSSR count). The van der Waals surface area contributed by atoms with E-state index in [-0.39, 0.29) is 17.1 Å². The number of hydrogen-bond acceptors (Lipinski definition) is 7. The molecule has 0 spiro atoms. The van der Waals surface area contributed by atoms with Gasteiger partial charge >= 0.3 is 0 Å². The van der Waals surface area contributed by atoms with Gasteiger partial charge in [0.15, 0.2) is 0 Å². The van der Waals surface area contributed by atoms with Gasteiger partial charge in [-0.05, 0) is 25.1 Å². The highest BCUT2D eigenvalue weighted by molar-refractivity contribution is 5.72. The summed E-state index contributed by atoms with van der Waals surface area (Å²) in [5.74, 6) is 0.578. The van der Waals surface area contributed by atoms with E-state index < -0.39 is 9.85 Å². The molecule has 1 N–H and O–H groups in total. The summed E-state index contributed by atoms with van der Waals surface area (Å²) in [6.07, 6.45) is 0. The first-order chi connectivity index (χ1) is 12.0. The van der Waals surface area contributed by atoms with Gasteiger partial charge in [-0.15, -0.1) is 0 Å². The number of ether oxygens (including phenoxy) is 2. The highest BCUT2D eigenvalue weighted by atomic mass is 16.6. The Bertz CT molecular complexity index is 765. The largest absolute Gasteiger partial charge is 0.491 e. The maximum Gasteiger partial charge on any atom is 0.299 e. The van der Waals surface area contributed by atoms with E-state index in [0.717, 1.165) is 6.07 Å². The van der Waals surface area contributed by atoms with Crippen LogP contribution in [0, 0.1) is 20.2 Å². The Hall–Kier alpha value is -3.20. The number of nitro groups is 2. The lowest BCUT2D eigenvalue weighted by atomic mass is 10.2. The average Bonchev–Trinajstić information content (AvgIpc) is 2.59. The second-order valence-corrected chi connectivity index (χ2v) is 4.91. The molecule has 0 aliphatic rings. The Morgan fingerprint density at radius 2 is 1.84 bits per heavy atom. The number of non-ortho nitro benzene ring substituents is 1. The molecule has 0 bridgehead atoms. The molecule has 2 aromatic carbocycles. The van der Waals surface area contributed by atoms with Crippen molar-refractivity contribution < 1.29 is 19.3 Å². The number of benzene rings is 2. The van der Waals surface area contributed by atoms with Gasteiger partial charge in [-0.1, -0.05) is 6.07 Å². The van der Waals surface area contributed by atoms with Crippen molar-refractivity contribution in [2.45, 2.75) is 6.92 Å². The number of hydrogen-bond donors (Lipinski definition) is 1. The van der Waals surface area contributed by atoms with Crippen LogP contribution in [0.1, 0.15) is 6.92 Å².